The largest absolute Gasteiger partial charge is 0.573 e. The number of rotatable bonds is 3. The standard InChI is InChI=1S/C13H16F3NO/c1-12(2,3)9-17-8-10-4-6-11(7-5-10)18-13(14,15)16/h4-7,9H,8H2,1-3H3. The van der Waals surface area contributed by atoms with Gasteiger partial charge in [-0.25, -0.2) is 0 Å². The minimum absolute atomic E-state index is 0.000659. The summed E-state index contributed by atoms with van der Waals surface area (Å²) in [6.07, 6.45) is -2.82. The number of alkyl halides is 3. The van der Waals surface area contributed by atoms with Gasteiger partial charge in [-0.2, -0.15) is 0 Å². The van der Waals surface area contributed by atoms with Crippen LogP contribution in [-0.4, -0.2) is 12.6 Å². The van der Waals surface area contributed by atoms with Crippen molar-refractivity contribution in [3.8, 4) is 5.75 Å². The van der Waals surface area contributed by atoms with Crippen molar-refractivity contribution >= 4 is 6.21 Å². The molecule has 0 unspecified atom stereocenters. The van der Waals surface area contributed by atoms with Crippen molar-refractivity contribution in [2.75, 3.05) is 0 Å². The number of aliphatic imine (C=N–C) groups is 1. The highest BCUT2D eigenvalue weighted by atomic mass is 19.4. The van der Waals surface area contributed by atoms with Crippen LogP contribution in [0.5, 0.6) is 5.75 Å². The van der Waals surface area contributed by atoms with Crippen molar-refractivity contribution in [1.29, 1.82) is 0 Å². The molecule has 0 aliphatic rings. The van der Waals surface area contributed by atoms with Gasteiger partial charge in [0.2, 0.25) is 0 Å². The maximum absolute atomic E-state index is 11.9. The Balaban J connectivity index is 2.59. The molecule has 0 aliphatic carbocycles. The molecule has 0 saturated carbocycles. The maximum Gasteiger partial charge on any atom is 0.573 e. The van der Waals surface area contributed by atoms with E-state index in [2.05, 4.69) is 9.73 Å². The Morgan fingerprint density at radius 1 is 1.11 bits per heavy atom. The van der Waals surface area contributed by atoms with E-state index in [1.54, 1.807) is 12.1 Å². The van der Waals surface area contributed by atoms with Crippen LogP contribution in [0, 0.1) is 5.41 Å². The number of hydrogen-bond acceptors (Lipinski definition) is 2. The van der Waals surface area contributed by atoms with Gasteiger partial charge in [-0.1, -0.05) is 32.9 Å². The van der Waals surface area contributed by atoms with E-state index in [0.717, 1.165) is 5.56 Å². The molecule has 0 heterocycles. The summed E-state index contributed by atoms with van der Waals surface area (Å²) in [6, 6.07) is 5.72. The molecule has 0 fully saturated rings. The molecule has 1 aromatic carbocycles. The molecule has 0 aliphatic heterocycles. The number of benzene rings is 1. The van der Waals surface area contributed by atoms with Gasteiger partial charge in [0.05, 0.1) is 6.54 Å². The van der Waals surface area contributed by atoms with Gasteiger partial charge in [0.1, 0.15) is 5.75 Å². The molecule has 2 nitrogen and oxygen atoms in total. The van der Waals surface area contributed by atoms with Crippen molar-refractivity contribution < 1.29 is 17.9 Å². The summed E-state index contributed by atoms with van der Waals surface area (Å²) in [5.41, 5.74) is 0.837. The topological polar surface area (TPSA) is 21.6 Å². The third-order valence-electron chi connectivity index (χ3n) is 1.91. The Kier molecular flexibility index (Phi) is 4.38. The van der Waals surface area contributed by atoms with Gasteiger partial charge in [-0.15, -0.1) is 13.2 Å². The lowest BCUT2D eigenvalue weighted by atomic mass is 9.99. The van der Waals surface area contributed by atoms with Crippen molar-refractivity contribution in [3.63, 3.8) is 0 Å². The molecule has 1 aromatic rings. The smallest absolute Gasteiger partial charge is 0.406 e. The molecule has 18 heavy (non-hydrogen) atoms. The molecule has 100 valence electrons. The second kappa shape index (κ2) is 5.42. The highest BCUT2D eigenvalue weighted by Gasteiger charge is 2.30. The fourth-order valence-corrected chi connectivity index (χ4v) is 1.22. The molecule has 0 saturated heterocycles. The zero-order valence-electron chi connectivity index (χ0n) is 10.6. The first kappa shape index (κ1) is 14.5. The monoisotopic (exact) mass is 259 g/mol. The van der Waals surface area contributed by atoms with Crippen LogP contribution in [0.1, 0.15) is 26.3 Å². The van der Waals surface area contributed by atoms with E-state index in [1.165, 1.54) is 12.1 Å². The summed E-state index contributed by atoms with van der Waals surface area (Å²) in [5, 5.41) is 0. The minimum atomic E-state index is -4.65. The Labute approximate surface area is 104 Å². The average Bonchev–Trinajstić information content (AvgIpc) is 2.16. The highest BCUT2D eigenvalue weighted by Crippen LogP contribution is 2.22. The number of hydrogen-bond donors (Lipinski definition) is 0. The third kappa shape index (κ3) is 6.27. The van der Waals surface area contributed by atoms with Gasteiger partial charge in [0.15, 0.2) is 0 Å². The zero-order valence-corrected chi connectivity index (χ0v) is 10.6. The van der Waals surface area contributed by atoms with Crippen molar-refractivity contribution in [2.24, 2.45) is 10.4 Å². The summed E-state index contributed by atoms with van der Waals surface area (Å²) < 4.78 is 39.6. The Morgan fingerprint density at radius 3 is 2.11 bits per heavy atom. The van der Waals surface area contributed by atoms with Crippen LogP contribution in [0.25, 0.3) is 0 Å². The molecular formula is C13H16F3NO. The first-order chi connectivity index (χ1) is 8.16. The summed E-state index contributed by atoms with van der Waals surface area (Å²) >= 11 is 0. The molecule has 0 bridgehead atoms. The van der Waals surface area contributed by atoms with Crippen molar-refractivity contribution in [3.05, 3.63) is 29.8 Å². The van der Waals surface area contributed by atoms with E-state index in [4.69, 9.17) is 0 Å². The fourth-order valence-electron chi connectivity index (χ4n) is 1.22. The lowest BCUT2D eigenvalue weighted by Crippen LogP contribution is -2.17. The molecule has 0 N–H and O–H groups in total. The second-order valence-corrected chi connectivity index (χ2v) is 5.03. The second-order valence-electron chi connectivity index (χ2n) is 5.03. The van der Waals surface area contributed by atoms with Crippen LogP contribution in [0.15, 0.2) is 29.3 Å². The van der Waals surface area contributed by atoms with Crippen LogP contribution in [0.2, 0.25) is 0 Å². The molecular weight excluding hydrogens is 243 g/mol. The SMILES string of the molecule is CC(C)(C)C=NCc1ccc(OC(F)(F)F)cc1. The van der Waals surface area contributed by atoms with Gasteiger partial charge in [-0.3, -0.25) is 4.99 Å². The van der Waals surface area contributed by atoms with Crippen LogP contribution < -0.4 is 4.74 Å². The van der Waals surface area contributed by atoms with Crippen LogP contribution in [-0.2, 0) is 6.54 Å². The molecule has 1 rings (SSSR count). The zero-order chi connectivity index (χ0) is 13.8. The Morgan fingerprint density at radius 2 is 1.67 bits per heavy atom. The van der Waals surface area contributed by atoms with Gasteiger partial charge in [0, 0.05) is 6.21 Å². The highest BCUT2D eigenvalue weighted by molar-refractivity contribution is 5.63. The maximum atomic E-state index is 11.9. The average molecular weight is 259 g/mol. The van der Waals surface area contributed by atoms with E-state index in [-0.39, 0.29) is 11.2 Å². The van der Waals surface area contributed by atoms with Gasteiger partial charge in [-0.05, 0) is 23.1 Å². The van der Waals surface area contributed by atoms with Crippen molar-refractivity contribution in [1.82, 2.24) is 0 Å². The number of nitrogens with zero attached hydrogens (tertiary/aromatic N) is 1. The van der Waals surface area contributed by atoms with Crippen molar-refractivity contribution in [2.45, 2.75) is 33.7 Å². The predicted octanol–water partition coefficient (Wildman–Crippen LogP) is 4.20. The fraction of sp³-hybridized carbons (Fsp3) is 0.462. The van der Waals surface area contributed by atoms with E-state index >= 15 is 0 Å². The number of ether oxygens (including phenoxy) is 1. The quantitative estimate of drug-likeness (QED) is 0.745. The predicted molar refractivity (Wildman–Crippen MR) is 64.8 cm³/mol. The summed E-state index contributed by atoms with van der Waals surface area (Å²) in [4.78, 5) is 4.23. The summed E-state index contributed by atoms with van der Waals surface area (Å²) in [6.45, 7) is 6.52. The van der Waals surface area contributed by atoms with Crippen LogP contribution in [0.3, 0.4) is 0 Å². The molecule has 5 heteroatoms. The van der Waals surface area contributed by atoms with Gasteiger partial charge in [0.25, 0.3) is 0 Å². The number of halogens is 3. The Bertz CT molecular complexity index is 402. The lowest BCUT2D eigenvalue weighted by Gasteiger charge is -2.10. The van der Waals surface area contributed by atoms with Gasteiger partial charge >= 0.3 is 6.36 Å². The first-order valence-electron chi connectivity index (χ1n) is 5.51. The van der Waals surface area contributed by atoms with E-state index in [9.17, 15) is 13.2 Å². The lowest BCUT2D eigenvalue weighted by molar-refractivity contribution is -0.274. The van der Waals surface area contributed by atoms with E-state index in [1.807, 2.05) is 27.0 Å². The first-order valence-corrected chi connectivity index (χ1v) is 5.51. The van der Waals surface area contributed by atoms with Crippen LogP contribution >= 0.6 is 0 Å². The van der Waals surface area contributed by atoms with E-state index < -0.39 is 6.36 Å². The molecule has 0 atom stereocenters. The summed E-state index contributed by atoms with van der Waals surface area (Å²) in [7, 11) is 0. The molecule has 0 amide bonds. The Hall–Kier alpha value is -1.52. The normalized spacial score (nSPS) is 13.0. The van der Waals surface area contributed by atoms with E-state index in [0.29, 0.717) is 6.54 Å². The molecule has 0 radical (unpaired) electrons. The van der Waals surface area contributed by atoms with Gasteiger partial charge < -0.3 is 4.74 Å². The third-order valence-corrected chi connectivity index (χ3v) is 1.91. The summed E-state index contributed by atoms with van der Waals surface area (Å²) in [5.74, 6) is -0.217. The molecule has 0 spiro atoms. The van der Waals surface area contributed by atoms with Crippen LogP contribution in [0.4, 0.5) is 13.2 Å². The minimum Gasteiger partial charge on any atom is -0.406 e. The molecule has 0 aromatic heterocycles.